The summed E-state index contributed by atoms with van der Waals surface area (Å²) in [5.41, 5.74) is 0.616. The van der Waals surface area contributed by atoms with Crippen LogP contribution >= 0.6 is 0 Å². The van der Waals surface area contributed by atoms with Crippen LogP contribution in [0.3, 0.4) is 0 Å². The lowest BCUT2D eigenvalue weighted by Gasteiger charge is -2.03. The Hall–Kier alpha value is -2.30. The van der Waals surface area contributed by atoms with Gasteiger partial charge in [-0.1, -0.05) is 25.1 Å². The third kappa shape index (κ3) is 3.34. The molecular weight excluding hydrogens is 246 g/mol. The maximum Gasteiger partial charge on any atom is 0.374 e. The molecule has 100 valence electrons. The van der Waals surface area contributed by atoms with Crippen LogP contribution in [-0.4, -0.2) is 25.0 Å². The summed E-state index contributed by atoms with van der Waals surface area (Å²) in [4.78, 5) is 23.0. The van der Waals surface area contributed by atoms with Gasteiger partial charge in [-0.15, -0.1) is 0 Å². The summed E-state index contributed by atoms with van der Waals surface area (Å²) < 4.78 is 10.2. The first-order chi connectivity index (χ1) is 9.20. The molecule has 1 heterocycles. The molecule has 1 amide bonds. The smallest absolute Gasteiger partial charge is 0.374 e. The van der Waals surface area contributed by atoms with Crippen molar-refractivity contribution >= 4 is 22.8 Å². The quantitative estimate of drug-likeness (QED) is 0.837. The van der Waals surface area contributed by atoms with E-state index in [0.717, 1.165) is 11.8 Å². The zero-order valence-electron chi connectivity index (χ0n) is 10.6. The summed E-state index contributed by atoms with van der Waals surface area (Å²) in [6, 6.07) is 8.87. The number of ether oxygens (including phenoxy) is 1. The molecule has 0 atom stereocenters. The third-order valence-corrected chi connectivity index (χ3v) is 2.53. The Morgan fingerprint density at radius 2 is 2.11 bits per heavy atom. The van der Waals surface area contributed by atoms with E-state index >= 15 is 0 Å². The highest BCUT2D eigenvalue weighted by molar-refractivity contribution is 5.93. The number of fused-ring (bicyclic) bond motifs is 1. The minimum Gasteiger partial charge on any atom is -0.450 e. The lowest BCUT2D eigenvalue weighted by atomic mass is 10.2. The lowest BCUT2D eigenvalue weighted by molar-refractivity contribution is -0.124. The minimum absolute atomic E-state index is 0.101. The van der Waals surface area contributed by atoms with E-state index in [2.05, 4.69) is 5.32 Å². The van der Waals surface area contributed by atoms with Gasteiger partial charge in [0.15, 0.2) is 6.61 Å². The molecule has 0 saturated heterocycles. The number of nitrogens with one attached hydrogen (secondary N) is 1. The standard InChI is InChI=1S/C14H15NO4/c1-2-7-15-13(16)9-18-14(17)12-8-10-5-3-4-6-11(10)19-12/h3-6,8H,2,7,9H2,1H3,(H,15,16). The molecule has 0 radical (unpaired) electrons. The maximum absolute atomic E-state index is 11.7. The summed E-state index contributed by atoms with van der Waals surface area (Å²) in [6.07, 6.45) is 0.837. The normalized spacial score (nSPS) is 10.4. The Labute approximate surface area is 110 Å². The van der Waals surface area contributed by atoms with Gasteiger partial charge in [0.2, 0.25) is 5.76 Å². The number of rotatable bonds is 5. The molecule has 5 nitrogen and oxygen atoms in total. The summed E-state index contributed by atoms with van der Waals surface area (Å²) in [5.74, 6) is -0.848. The largest absolute Gasteiger partial charge is 0.450 e. The number of carbonyl (C=O) groups is 2. The third-order valence-electron chi connectivity index (χ3n) is 2.53. The number of carbonyl (C=O) groups excluding carboxylic acids is 2. The van der Waals surface area contributed by atoms with Gasteiger partial charge in [0.25, 0.3) is 5.91 Å². The molecule has 19 heavy (non-hydrogen) atoms. The number of hydrogen-bond donors (Lipinski definition) is 1. The van der Waals surface area contributed by atoms with Crippen molar-refractivity contribution in [3.05, 3.63) is 36.1 Å². The first-order valence-electron chi connectivity index (χ1n) is 6.13. The first kappa shape index (κ1) is 13.1. The number of furan rings is 1. The first-order valence-corrected chi connectivity index (χ1v) is 6.13. The van der Waals surface area contributed by atoms with Crippen LogP contribution < -0.4 is 5.32 Å². The van der Waals surface area contributed by atoms with Gasteiger partial charge in [0, 0.05) is 11.9 Å². The Morgan fingerprint density at radius 3 is 2.84 bits per heavy atom. The van der Waals surface area contributed by atoms with E-state index in [0.29, 0.717) is 12.1 Å². The Balaban J connectivity index is 1.94. The molecule has 0 aliphatic carbocycles. The fourth-order valence-electron chi connectivity index (χ4n) is 1.60. The van der Waals surface area contributed by atoms with Gasteiger partial charge in [0.1, 0.15) is 5.58 Å². The van der Waals surface area contributed by atoms with Gasteiger partial charge in [-0.2, -0.15) is 0 Å². The van der Waals surface area contributed by atoms with Crippen molar-refractivity contribution < 1.29 is 18.7 Å². The van der Waals surface area contributed by atoms with Crippen LogP contribution in [-0.2, 0) is 9.53 Å². The second-order valence-electron chi connectivity index (χ2n) is 4.07. The molecule has 1 aromatic heterocycles. The molecule has 0 aliphatic rings. The second kappa shape index (κ2) is 6.04. The molecule has 2 aromatic rings. The van der Waals surface area contributed by atoms with E-state index in [-0.39, 0.29) is 18.3 Å². The van der Waals surface area contributed by atoms with Crippen molar-refractivity contribution in [2.24, 2.45) is 0 Å². The van der Waals surface area contributed by atoms with Crippen molar-refractivity contribution in [1.29, 1.82) is 0 Å². The lowest BCUT2D eigenvalue weighted by Crippen LogP contribution is -2.29. The fourth-order valence-corrected chi connectivity index (χ4v) is 1.60. The molecule has 1 aromatic carbocycles. The van der Waals surface area contributed by atoms with Crippen molar-refractivity contribution in [2.75, 3.05) is 13.2 Å². The van der Waals surface area contributed by atoms with Crippen LogP contribution in [0, 0.1) is 0 Å². The monoisotopic (exact) mass is 261 g/mol. The molecule has 0 fully saturated rings. The van der Waals surface area contributed by atoms with Crippen molar-refractivity contribution in [3.63, 3.8) is 0 Å². The fraction of sp³-hybridized carbons (Fsp3) is 0.286. The van der Waals surface area contributed by atoms with Crippen LogP contribution in [0.5, 0.6) is 0 Å². The minimum atomic E-state index is -0.636. The van der Waals surface area contributed by atoms with Crippen molar-refractivity contribution in [1.82, 2.24) is 5.32 Å². The summed E-state index contributed by atoms with van der Waals surface area (Å²) in [5, 5.41) is 3.44. The van der Waals surface area contributed by atoms with Crippen LogP contribution in [0.2, 0.25) is 0 Å². The zero-order valence-corrected chi connectivity index (χ0v) is 10.6. The van der Waals surface area contributed by atoms with E-state index in [1.54, 1.807) is 12.1 Å². The molecule has 1 N–H and O–H groups in total. The average molecular weight is 261 g/mol. The van der Waals surface area contributed by atoms with Crippen LogP contribution in [0.15, 0.2) is 34.7 Å². The summed E-state index contributed by atoms with van der Waals surface area (Å²) in [6.45, 7) is 2.22. The number of hydrogen-bond acceptors (Lipinski definition) is 4. The van der Waals surface area contributed by atoms with Crippen LogP contribution in [0.1, 0.15) is 23.9 Å². The van der Waals surface area contributed by atoms with Gasteiger partial charge in [-0.25, -0.2) is 4.79 Å². The predicted octanol–water partition coefficient (Wildman–Crippen LogP) is 2.12. The van der Waals surface area contributed by atoms with Crippen LogP contribution in [0.4, 0.5) is 0 Å². The molecule has 2 rings (SSSR count). The van der Waals surface area contributed by atoms with Crippen molar-refractivity contribution in [2.45, 2.75) is 13.3 Å². The van der Waals surface area contributed by atoms with E-state index < -0.39 is 5.97 Å². The SMILES string of the molecule is CCCNC(=O)COC(=O)c1cc2ccccc2o1. The van der Waals surface area contributed by atoms with E-state index in [4.69, 9.17) is 9.15 Å². The van der Waals surface area contributed by atoms with Gasteiger partial charge >= 0.3 is 5.97 Å². The number of para-hydroxylation sites is 1. The number of amides is 1. The molecule has 0 bridgehead atoms. The van der Waals surface area contributed by atoms with Crippen molar-refractivity contribution in [3.8, 4) is 0 Å². The summed E-state index contributed by atoms with van der Waals surface area (Å²) >= 11 is 0. The number of benzene rings is 1. The Morgan fingerprint density at radius 1 is 1.32 bits per heavy atom. The molecule has 0 unspecified atom stereocenters. The molecule has 0 aliphatic heterocycles. The predicted molar refractivity (Wildman–Crippen MR) is 69.8 cm³/mol. The summed E-state index contributed by atoms with van der Waals surface area (Å²) in [7, 11) is 0. The number of esters is 1. The maximum atomic E-state index is 11.7. The molecule has 0 saturated carbocycles. The Kier molecular flexibility index (Phi) is 4.18. The zero-order chi connectivity index (χ0) is 13.7. The van der Waals surface area contributed by atoms with Gasteiger partial charge in [-0.05, 0) is 18.6 Å². The van der Waals surface area contributed by atoms with E-state index in [1.807, 2.05) is 25.1 Å². The highest BCUT2D eigenvalue weighted by Gasteiger charge is 2.14. The van der Waals surface area contributed by atoms with E-state index in [1.165, 1.54) is 0 Å². The van der Waals surface area contributed by atoms with E-state index in [9.17, 15) is 9.59 Å². The highest BCUT2D eigenvalue weighted by Crippen LogP contribution is 2.19. The second-order valence-corrected chi connectivity index (χ2v) is 4.07. The average Bonchev–Trinajstić information content (AvgIpc) is 2.86. The van der Waals surface area contributed by atoms with Crippen LogP contribution in [0.25, 0.3) is 11.0 Å². The highest BCUT2D eigenvalue weighted by atomic mass is 16.5. The molecule has 0 spiro atoms. The van der Waals surface area contributed by atoms with Gasteiger partial charge in [-0.3, -0.25) is 4.79 Å². The van der Waals surface area contributed by atoms with Gasteiger partial charge in [0.05, 0.1) is 0 Å². The topological polar surface area (TPSA) is 68.5 Å². The Bertz CT molecular complexity index is 555. The molecule has 5 heteroatoms. The molecular formula is C14H15NO4. The van der Waals surface area contributed by atoms with Gasteiger partial charge < -0.3 is 14.5 Å².